The number of carbonyl (C=O) groups is 1. The van der Waals surface area contributed by atoms with Crippen LogP contribution < -0.4 is 5.73 Å². The van der Waals surface area contributed by atoms with Crippen molar-refractivity contribution < 1.29 is 4.79 Å². The molecule has 0 aromatic heterocycles. The average molecular weight is 245 g/mol. The van der Waals surface area contributed by atoms with E-state index in [2.05, 4.69) is 6.07 Å². The van der Waals surface area contributed by atoms with Gasteiger partial charge >= 0.3 is 0 Å². The molecule has 18 heavy (non-hydrogen) atoms. The highest BCUT2D eigenvalue weighted by Crippen LogP contribution is 2.08. The summed E-state index contributed by atoms with van der Waals surface area (Å²) in [5.74, 6) is 0.0651. The molecule has 4 heteroatoms. The number of hydrogen-bond acceptors (Lipinski definition) is 3. The number of amides is 1. The quantitative estimate of drug-likeness (QED) is 0.874. The van der Waals surface area contributed by atoms with Crippen molar-refractivity contribution >= 4 is 5.91 Å². The predicted octanol–water partition coefficient (Wildman–Crippen LogP) is 1.50. The second kappa shape index (κ2) is 6.18. The first-order chi connectivity index (χ1) is 8.45. The predicted molar refractivity (Wildman–Crippen MR) is 70.4 cm³/mol. The summed E-state index contributed by atoms with van der Waals surface area (Å²) in [5.41, 5.74) is 7.43. The van der Waals surface area contributed by atoms with Crippen molar-refractivity contribution in [1.29, 1.82) is 5.26 Å². The van der Waals surface area contributed by atoms with Crippen molar-refractivity contribution in [1.82, 2.24) is 4.90 Å². The molecule has 0 fully saturated rings. The normalized spacial score (nSPS) is 12.0. The van der Waals surface area contributed by atoms with Crippen LogP contribution in [0.2, 0.25) is 0 Å². The molecular weight excluding hydrogens is 226 g/mol. The van der Waals surface area contributed by atoms with Crippen molar-refractivity contribution in [2.75, 3.05) is 7.05 Å². The number of hydrogen-bond donors (Lipinski definition) is 1. The lowest BCUT2D eigenvalue weighted by molar-refractivity contribution is -0.132. The van der Waals surface area contributed by atoms with E-state index in [1.807, 2.05) is 26.0 Å². The van der Waals surface area contributed by atoms with Gasteiger partial charge in [0.1, 0.15) is 0 Å². The zero-order valence-corrected chi connectivity index (χ0v) is 11.1. The Morgan fingerprint density at radius 3 is 2.39 bits per heavy atom. The Hall–Kier alpha value is -1.86. The topological polar surface area (TPSA) is 70.1 Å². The molecule has 96 valence electrons. The first-order valence-corrected chi connectivity index (χ1v) is 5.95. The van der Waals surface area contributed by atoms with Crippen molar-refractivity contribution in [2.45, 2.75) is 26.4 Å². The van der Waals surface area contributed by atoms with Gasteiger partial charge in [-0.2, -0.15) is 5.26 Å². The number of carbonyl (C=O) groups excluding carboxylic acids is 1. The summed E-state index contributed by atoms with van der Waals surface area (Å²) in [6, 6.07) is 8.79. The molecule has 0 aliphatic heterocycles. The molecule has 0 aliphatic rings. The molecule has 4 nitrogen and oxygen atoms in total. The SMILES string of the molecule is CC(C)C(N)C(=O)N(C)Cc1ccc(C#N)cc1. The molecule has 1 amide bonds. The summed E-state index contributed by atoms with van der Waals surface area (Å²) in [5, 5.41) is 8.70. The molecule has 0 radical (unpaired) electrons. The van der Waals surface area contributed by atoms with Gasteiger partial charge in [0.25, 0.3) is 0 Å². The van der Waals surface area contributed by atoms with E-state index in [9.17, 15) is 4.79 Å². The maximum absolute atomic E-state index is 12.0. The fourth-order valence-electron chi connectivity index (χ4n) is 1.58. The minimum Gasteiger partial charge on any atom is -0.340 e. The first-order valence-electron chi connectivity index (χ1n) is 5.95. The number of nitriles is 1. The fourth-order valence-corrected chi connectivity index (χ4v) is 1.58. The number of benzene rings is 1. The third-order valence-corrected chi connectivity index (χ3v) is 2.88. The lowest BCUT2D eigenvalue weighted by Gasteiger charge is -2.23. The first kappa shape index (κ1) is 14.2. The van der Waals surface area contributed by atoms with Crippen LogP contribution in [0.5, 0.6) is 0 Å². The van der Waals surface area contributed by atoms with Gasteiger partial charge in [0, 0.05) is 13.6 Å². The minimum atomic E-state index is -0.464. The molecule has 0 heterocycles. The van der Waals surface area contributed by atoms with Crippen LogP contribution in [0.3, 0.4) is 0 Å². The van der Waals surface area contributed by atoms with Crippen LogP contribution in [0.4, 0.5) is 0 Å². The zero-order chi connectivity index (χ0) is 13.7. The summed E-state index contributed by atoms with van der Waals surface area (Å²) >= 11 is 0. The summed E-state index contributed by atoms with van der Waals surface area (Å²) in [4.78, 5) is 13.6. The summed E-state index contributed by atoms with van der Waals surface area (Å²) < 4.78 is 0. The minimum absolute atomic E-state index is 0.0608. The Morgan fingerprint density at radius 1 is 1.39 bits per heavy atom. The molecular formula is C14H19N3O. The second-order valence-electron chi connectivity index (χ2n) is 4.77. The van der Waals surface area contributed by atoms with E-state index in [1.54, 1.807) is 24.1 Å². The molecule has 2 N–H and O–H groups in total. The Kier molecular flexibility index (Phi) is 4.87. The van der Waals surface area contributed by atoms with Crippen molar-refractivity contribution in [2.24, 2.45) is 11.7 Å². The summed E-state index contributed by atoms with van der Waals surface area (Å²) in [6.45, 7) is 4.36. The highest BCUT2D eigenvalue weighted by Gasteiger charge is 2.20. The molecule has 1 atom stereocenters. The molecule has 1 unspecified atom stereocenters. The van der Waals surface area contributed by atoms with Crippen molar-refractivity contribution in [3.05, 3.63) is 35.4 Å². The second-order valence-corrected chi connectivity index (χ2v) is 4.77. The van der Waals surface area contributed by atoms with Gasteiger partial charge in [0.15, 0.2) is 0 Å². The van der Waals surface area contributed by atoms with Crippen molar-refractivity contribution in [3.8, 4) is 6.07 Å². The number of nitrogens with two attached hydrogens (primary N) is 1. The van der Waals surface area contributed by atoms with Gasteiger partial charge in [-0.3, -0.25) is 4.79 Å². The van der Waals surface area contributed by atoms with Crippen LogP contribution in [0.1, 0.15) is 25.0 Å². The van der Waals surface area contributed by atoms with Gasteiger partial charge in [0.05, 0.1) is 17.7 Å². The molecule has 0 saturated carbocycles. The molecule has 1 aromatic rings. The largest absolute Gasteiger partial charge is 0.340 e. The number of nitrogens with zero attached hydrogens (tertiary/aromatic N) is 2. The standard InChI is InChI=1S/C14H19N3O/c1-10(2)13(16)14(18)17(3)9-12-6-4-11(8-15)5-7-12/h4-7,10,13H,9,16H2,1-3H3. The molecule has 0 aliphatic carbocycles. The maximum atomic E-state index is 12.0. The summed E-state index contributed by atoms with van der Waals surface area (Å²) in [6.07, 6.45) is 0. The van der Waals surface area contributed by atoms with E-state index in [0.717, 1.165) is 5.56 Å². The Labute approximate surface area is 108 Å². The van der Waals surface area contributed by atoms with E-state index in [4.69, 9.17) is 11.0 Å². The molecule has 0 bridgehead atoms. The molecule has 1 aromatic carbocycles. The van der Waals surface area contributed by atoms with E-state index in [-0.39, 0.29) is 11.8 Å². The van der Waals surface area contributed by atoms with E-state index >= 15 is 0 Å². The third-order valence-electron chi connectivity index (χ3n) is 2.88. The van der Waals surface area contributed by atoms with E-state index in [0.29, 0.717) is 12.1 Å². The van der Waals surface area contributed by atoms with Crippen LogP contribution >= 0.6 is 0 Å². The zero-order valence-electron chi connectivity index (χ0n) is 11.1. The molecule has 0 spiro atoms. The highest BCUT2D eigenvalue weighted by molar-refractivity contribution is 5.81. The Morgan fingerprint density at radius 2 is 1.94 bits per heavy atom. The van der Waals surface area contributed by atoms with Crippen molar-refractivity contribution in [3.63, 3.8) is 0 Å². The third kappa shape index (κ3) is 3.57. The van der Waals surface area contributed by atoms with E-state index in [1.165, 1.54) is 0 Å². The van der Waals surface area contributed by atoms with Gasteiger partial charge < -0.3 is 10.6 Å². The number of rotatable bonds is 4. The lowest BCUT2D eigenvalue weighted by atomic mass is 10.0. The maximum Gasteiger partial charge on any atom is 0.239 e. The fraction of sp³-hybridized carbons (Fsp3) is 0.429. The van der Waals surface area contributed by atoms with E-state index < -0.39 is 6.04 Å². The molecule has 0 saturated heterocycles. The highest BCUT2D eigenvalue weighted by atomic mass is 16.2. The van der Waals surface area contributed by atoms with Crippen LogP contribution in [0, 0.1) is 17.2 Å². The van der Waals surface area contributed by atoms with Gasteiger partial charge in [-0.25, -0.2) is 0 Å². The summed E-state index contributed by atoms with van der Waals surface area (Å²) in [7, 11) is 1.74. The van der Waals surface area contributed by atoms with Gasteiger partial charge in [0.2, 0.25) is 5.91 Å². The average Bonchev–Trinajstić information content (AvgIpc) is 2.37. The smallest absolute Gasteiger partial charge is 0.239 e. The van der Waals surface area contributed by atoms with Crippen LogP contribution in [0.15, 0.2) is 24.3 Å². The Balaban J connectivity index is 2.66. The monoisotopic (exact) mass is 245 g/mol. The lowest BCUT2D eigenvalue weighted by Crippen LogP contribution is -2.44. The van der Waals surface area contributed by atoms with Gasteiger partial charge in [-0.15, -0.1) is 0 Å². The van der Waals surface area contributed by atoms with Crippen LogP contribution in [-0.2, 0) is 11.3 Å². The van der Waals surface area contributed by atoms with Crippen LogP contribution in [0.25, 0.3) is 0 Å². The molecule has 1 rings (SSSR count). The Bertz CT molecular complexity index is 445. The number of likely N-dealkylation sites (N-methyl/N-ethyl adjacent to an activating group) is 1. The van der Waals surface area contributed by atoms with Gasteiger partial charge in [-0.1, -0.05) is 26.0 Å². The van der Waals surface area contributed by atoms with Crippen LogP contribution in [-0.4, -0.2) is 23.9 Å². The van der Waals surface area contributed by atoms with Gasteiger partial charge in [-0.05, 0) is 23.6 Å².